The molecule has 0 aromatic rings. The lowest BCUT2D eigenvalue weighted by Crippen LogP contribution is -2.46. The van der Waals surface area contributed by atoms with E-state index in [4.69, 9.17) is 5.11 Å². The Labute approximate surface area is 95.9 Å². The lowest BCUT2D eigenvalue weighted by molar-refractivity contribution is -0.143. The number of carbonyl (C=O) groups is 2. The van der Waals surface area contributed by atoms with Crippen molar-refractivity contribution in [3.8, 4) is 0 Å². The standard InChI is InChI=1S/C12H19NO3/c1-5-6-13(12(2,3)4)10(14)8-7-9(8)11(15)16/h5,8-9H,1,6-7H2,2-4H3,(H,15,16)/t8-,9+/m1/s1. The molecule has 1 saturated carbocycles. The number of carbonyl (C=O) groups excluding carboxylic acids is 1. The number of hydrogen-bond donors (Lipinski definition) is 1. The third kappa shape index (κ3) is 2.62. The predicted molar refractivity (Wildman–Crippen MR) is 60.9 cm³/mol. The normalized spacial score (nSPS) is 23.7. The quantitative estimate of drug-likeness (QED) is 0.738. The van der Waals surface area contributed by atoms with E-state index in [1.165, 1.54) is 0 Å². The summed E-state index contributed by atoms with van der Waals surface area (Å²) in [7, 11) is 0. The number of aliphatic carboxylic acids is 1. The SMILES string of the molecule is C=CCN(C(=O)[C@@H]1C[C@@H]1C(=O)O)C(C)(C)C. The highest BCUT2D eigenvalue weighted by Crippen LogP contribution is 2.41. The molecular weight excluding hydrogens is 206 g/mol. The number of carboxylic acids is 1. The summed E-state index contributed by atoms with van der Waals surface area (Å²) in [6.45, 7) is 9.89. The molecule has 0 bridgehead atoms. The highest BCUT2D eigenvalue weighted by Gasteiger charge is 2.50. The molecule has 0 aromatic heterocycles. The fourth-order valence-electron chi connectivity index (χ4n) is 1.76. The van der Waals surface area contributed by atoms with E-state index in [1.54, 1.807) is 11.0 Å². The van der Waals surface area contributed by atoms with Crippen LogP contribution in [0, 0.1) is 11.8 Å². The Balaban J connectivity index is 2.71. The number of hydrogen-bond acceptors (Lipinski definition) is 2. The van der Waals surface area contributed by atoms with Crippen LogP contribution in [0.5, 0.6) is 0 Å². The monoisotopic (exact) mass is 225 g/mol. The molecule has 4 heteroatoms. The van der Waals surface area contributed by atoms with Gasteiger partial charge in [0.15, 0.2) is 0 Å². The molecule has 1 fully saturated rings. The minimum atomic E-state index is -0.870. The van der Waals surface area contributed by atoms with Crippen LogP contribution in [0.3, 0.4) is 0 Å². The number of amides is 1. The van der Waals surface area contributed by atoms with Crippen LogP contribution in [-0.2, 0) is 9.59 Å². The van der Waals surface area contributed by atoms with Crippen LogP contribution in [0.4, 0.5) is 0 Å². The summed E-state index contributed by atoms with van der Waals surface area (Å²) in [6.07, 6.45) is 2.14. The van der Waals surface area contributed by atoms with Gasteiger partial charge in [-0.15, -0.1) is 6.58 Å². The molecule has 0 radical (unpaired) electrons. The molecule has 16 heavy (non-hydrogen) atoms. The second kappa shape index (κ2) is 4.28. The van der Waals surface area contributed by atoms with E-state index in [0.717, 1.165) is 0 Å². The van der Waals surface area contributed by atoms with Crippen molar-refractivity contribution in [1.82, 2.24) is 4.90 Å². The van der Waals surface area contributed by atoms with Crippen LogP contribution in [0.15, 0.2) is 12.7 Å². The van der Waals surface area contributed by atoms with E-state index in [1.807, 2.05) is 20.8 Å². The Bertz CT molecular complexity index is 317. The number of rotatable bonds is 4. The minimum absolute atomic E-state index is 0.0696. The summed E-state index contributed by atoms with van der Waals surface area (Å²) in [4.78, 5) is 24.5. The summed E-state index contributed by atoms with van der Waals surface area (Å²) >= 11 is 0. The van der Waals surface area contributed by atoms with Gasteiger partial charge in [0.1, 0.15) is 0 Å². The van der Waals surface area contributed by atoms with Gasteiger partial charge >= 0.3 is 5.97 Å². The molecular formula is C12H19NO3. The molecule has 0 spiro atoms. The van der Waals surface area contributed by atoms with Crippen molar-refractivity contribution in [2.24, 2.45) is 11.8 Å². The predicted octanol–water partition coefficient (Wildman–Crippen LogP) is 1.52. The van der Waals surface area contributed by atoms with E-state index in [9.17, 15) is 9.59 Å². The summed E-state index contributed by atoms with van der Waals surface area (Å²) in [5, 5.41) is 8.80. The average Bonchev–Trinajstić information content (AvgIpc) is 2.90. The number of carboxylic acid groups (broad SMARTS) is 1. The highest BCUT2D eigenvalue weighted by atomic mass is 16.4. The van der Waals surface area contributed by atoms with Crippen molar-refractivity contribution >= 4 is 11.9 Å². The third-order valence-electron chi connectivity index (χ3n) is 2.81. The molecule has 1 aliphatic rings. The lowest BCUT2D eigenvalue weighted by atomic mass is 10.0. The van der Waals surface area contributed by atoms with Crippen molar-refractivity contribution in [2.45, 2.75) is 32.7 Å². The van der Waals surface area contributed by atoms with E-state index in [2.05, 4.69) is 6.58 Å². The largest absolute Gasteiger partial charge is 0.481 e. The van der Waals surface area contributed by atoms with Gasteiger partial charge in [0.05, 0.1) is 11.8 Å². The van der Waals surface area contributed by atoms with E-state index >= 15 is 0 Å². The van der Waals surface area contributed by atoms with Gasteiger partial charge in [-0.05, 0) is 27.2 Å². The topological polar surface area (TPSA) is 57.6 Å². The second-order valence-corrected chi connectivity index (χ2v) is 5.20. The molecule has 90 valence electrons. The van der Waals surface area contributed by atoms with Crippen molar-refractivity contribution < 1.29 is 14.7 Å². The summed E-state index contributed by atoms with van der Waals surface area (Å²) in [5.41, 5.74) is -0.295. The minimum Gasteiger partial charge on any atom is -0.481 e. The van der Waals surface area contributed by atoms with Crippen LogP contribution in [-0.4, -0.2) is 34.0 Å². The van der Waals surface area contributed by atoms with Gasteiger partial charge in [0.25, 0.3) is 0 Å². The van der Waals surface area contributed by atoms with Crippen LogP contribution < -0.4 is 0 Å². The van der Waals surface area contributed by atoms with Gasteiger partial charge in [-0.2, -0.15) is 0 Å². The maximum Gasteiger partial charge on any atom is 0.307 e. The van der Waals surface area contributed by atoms with Crippen LogP contribution in [0.1, 0.15) is 27.2 Å². The van der Waals surface area contributed by atoms with Gasteiger partial charge in [-0.1, -0.05) is 6.08 Å². The molecule has 1 N–H and O–H groups in total. The molecule has 0 aliphatic heterocycles. The molecule has 0 saturated heterocycles. The maximum absolute atomic E-state index is 12.1. The molecule has 2 atom stereocenters. The molecule has 0 aromatic carbocycles. The first kappa shape index (κ1) is 12.7. The average molecular weight is 225 g/mol. The summed E-state index contributed by atoms with van der Waals surface area (Å²) in [5.74, 6) is -1.76. The van der Waals surface area contributed by atoms with Crippen molar-refractivity contribution in [3.63, 3.8) is 0 Å². The van der Waals surface area contributed by atoms with E-state index in [0.29, 0.717) is 13.0 Å². The lowest BCUT2D eigenvalue weighted by Gasteiger charge is -2.35. The molecule has 1 rings (SSSR count). The van der Waals surface area contributed by atoms with Crippen LogP contribution in [0.2, 0.25) is 0 Å². The van der Waals surface area contributed by atoms with Gasteiger partial charge in [-0.3, -0.25) is 9.59 Å². The van der Waals surface area contributed by atoms with Gasteiger partial charge < -0.3 is 10.0 Å². The van der Waals surface area contributed by atoms with E-state index in [-0.39, 0.29) is 17.4 Å². The van der Waals surface area contributed by atoms with Crippen LogP contribution in [0.25, 0.3) is 0 Å². The third-order valence-corrected chi connectivity index (χ3v) is 2.81. The Morgan fingerprint density at radius 1 is 1.44 bits per heavy atom. The molecule has 0 heterocycles. The Morgan fingerprint density at radius 2 is 2.00 bits per heavy atom. The maximum atomic E-state index is 12.1. The van der Waals surface area contributed by atoms with Crippen molar-refractivity contribution in [3.05, 3.63) is 12.7 Å². The van der Waals surface area contributed by atoms with Crippen LogP contribution >= 0.6 is 0 Å². The summed E-state index contributed by atoms with van der Waals surface area (Å²) < 4.78 is 0. The molecule has 1 amide bonds. The fraction of sp³-hybridized carbons (Fsp3) is 0.667. The molecule has 1 aliphatic carbocycles. The first-order valence-corrected chi connectivity index (χ1v) is 5.44. The highest BCUT2D eigenvalue weighted by molar-refractivity contribution is 5.89. The van der Waals surface area contributed by atoms with Gasteiger partial charge in [0, 0.05) is 12.1 Å². The van der Waals surface area contributed by atoms with Crippen molar-refractivity contribution in [2.75, 3.05) is 6.54 Å². The zero-order chi connectivity index (χ0) is 12.5. The fourth-order valence-corrected chi connectivity index (χ4v) is 1.76. The Kier molecular flexibility index (Phi) is 3.41. The zero-order valence-corrected chi connectivity index (χ0v) is 10.1. The Morgan fingerprint density at radius 3 is 2.31 bits per heavy atom. The molecule has 4 nitrogen and oxygen atoms in total. The number of nitrogens with zero attached hydrogens (tertiary/aromatic N) is 1. The summed E-state index contributed by atoms with van der Waals surface area (Å²) in [6, 6.07) is 0. The van der Waals surface area contributed by atoms with Crippen molar-refractivity contribution in [1.29, 1.82) is 0 Å². The Hall–Kier alpha value is -1.32. The van der Waals surface area contributed by atoms with E-state index < -0.39 is 11.9 Å². The first-order valence-electron chi connectivity index (χ1n) is 5.44. The molecule has 0 unspecified atom stereocenters. The van der Waals surface area contributed by atoms with Gasteiger partial charge in [-0.25, -0.2) is 0 Å². The smallest absolute Gasteiger partial charge is 0.307 e. The first-order chi connectivity index (χ1) is 7.29. The second-order valence-electron chi connectivity index (χ2n) is 5.20. The zero-order valence-electron chi connectivity index (χ0n) is 10.1. The van der Waals surface area contributed by atoms with Gasteiger partial charge in [0.2, 0.25) is 5.91 Å².